The van der Waals surface area contributed by atoms with Gasteiger partial charge in [-0.05, 0) is 60.9 Å². The Kier molecular flexibility index (Phi) is 4.59. The number of nitrogens with zero attached hydrogens (tertiary/aromatic N) is 1. The van der Waals surface area contributed by atoms with Crippen molar-refractivity contribution < 1.29 is 23.7 Å². The Hall–Kier alpha value is -3.45. The lowest BCUT2D eigenvalue weighted by atomic mass is 9.94. The fourth-order valence-electron chi connectivity index (χ4n) is 3.74. The number of fused-ring (bicyclic) bond motifs is 4. The zero-order valence-electron chi connectivity index (χ0n) is 16.9. The number of ether oxygens (including phenoxy) is 4. The molecule has 0 saturated heterocycles. The molecular weight excluding hydrogens is 384 g/mol. The maximum Gasteiger partial charge on any atom is 0.251 e. The lowest BCUT2D eigenvalue weighted by Crippen LogP contribution is -2.31. The molecule has 0 aromatic heterocycles. The molecule has 0 unspecified atom stereocenters. The monoisotopic (exact) mass is 406 g/mol. The summed E-state index contributed by atoms with van der Waals surface area (Å²) >= 11 is 0. The summed E-state index contributed by atoms with van der Waals surface area (Å²) in [6, 6.07) is 13.4. The normalized spacial score (nSPS) is 13.8. The van der Waals surface area contributed by atoms with E-state index < -0.39 is 0 Å². The number of hydrogen-bond acceptors (Lipinski definition) is 6. The van der Waals surface area contributed by atoms with E-state index in [1.165, 1.54) is 0 Å². The van der Waals surface area contributed by atoms with Gasteiger partial charge in [0.15, 0.2) is 23.0 Å². The number of hydrogen-bond donors (Lipinski definition) is 1. The van der Waals surface area contributed by atoms with Crippen molar-refractivity contribution in [2.75, 3.05) is 40.8 Å². The van der Waals surface area contributed by atoms with Gasteiger partial charge in [-0.15, -0.1) is 0 Å². The predicted molar refractivity (Wildman–Crippen MR) is 113 cm³/mol. The van der Waals surface area contributed by atoms with Crippen LogP contribution < -0.4 is 24.3 Å². The van der Waals surface area contributed by atoms with E-state index in [0.29, 0.717) is 35.1 Å². The van der Waals surface area contributed by atoms with E-state index in [-0.39, 0.29) is 19.5 Å². The second kappa shape index (κ2) is 7.42. The molecule has 2 aliphatic heterocycles. The van der Waals surface area contributed by atoms with E-state index in [0.717, 1.165) is 28.4 Å². The molecule has 0 radical (unpaired) electrons. The van der Waals surface area contributed by atoms with E-state index in [4.69, 9.17) is 18.9 Å². The molecule has 0 saturated carbocycles. The van der Waals surface area contributed by atoms with Crippen molar-refractivity contribution in [1.29, 1.82) is 0 Å². The lowest BCUT2D eigenvalue weighted by molar-refractivity contribution is 0.0951. The Morgan fingerprint density at radius 2 is 1.70 bits per heavy atom. The van der Waals surface area contributed by atoms with Crippen molar-refractivity contribution >= 4 is 16.7 Å². The highest BCUT2D eigenvalue weighted by molar-refractivity contribution is 6.08. The Morgan fingerprint density at radius 1 is 0.933 bits per heavy atom. The molecule has 0 fully saturated rings. The highest BCUT2D eigenvalue weighted by atomic mass is 16.7. The first-order chi connectivity index (χ1) is 14.6. The Bertz CT molecular complexity index is 1140. The van der Waals surface area contributed by atoms with E-state index in [1.54, 1.807) is 0 Å². The van der Waals surface area contributed by atoms with Crippen LogP contribution in [0, 0.1) is 0 Å². The molecular formula is C23H22N2O5. The summed E-state index contributed by atoms with van der Waals surface area (Å²) < 4.78 is 22.3. The zero-order chi connectivity index (χ0) is 20.7. The van der Waals surface area contributed by atoms with Crippen LogP contribution in [0.5, 0.6) is 23.0 Å². The van der Waals surface area contributed by atoms with Crippen molar-refractivity contribution in [1.82, 2.24) is 10.2 Å². The minimum absolute atomic E-state index is 0.113. The number of nitrogens with one attached hydrogen (secondary N) is 1. The van der Waals surface area contributed by atoms with Crippen LogP contribution in [0.25, 0.3) is 21.9 Å². The van der Waals surface area contributed by atoms with E-state index >= 15 is 0 Å². The second-order valence-corrected chi connectivity index (χ2v) is 7.55. The molecule has 30 heavy (non-hydrogen) atoms. The van der Waals surface area contributed by atoms with Crippen LogP contribution in [-0.4, -0.2) is 51.6 Å². The summed E-state index contributed by atoms with van der Waals surface area (Å²) in [5.74, 6) is 2.68. The van der Waals surface area contributed by atoms with Gasteiger partial charge in [0.1, 0.15) is 0 Å². The van der Waals surface area contributed by atoms with E-state index in [2.05, 4.69) is 5.32 Å². The van der Waals surface area contributed by atoms with E-state index in [9.17, 15) is 4.79 Å². The highest BCUT2D eigenvalue weighted by Gasteiger charge is 2.23. The van der Waals surface area contributed by atoms with Crippen molar-refractivity contribution in [3.8, 4) is 34.1 Å². The Morgan fingerprint density at radius 3 is 2.57 bits per heavy atom. The minimum Gasteiger partial charge on any atom is -0.454 e. The molecule has 0 bridgehead atoms. The standard InChI is InChI=1S/C23H22N2O5/c1-25(2)8-7-24-23(26)16-9-15-4-6-19-22(30-13-28-19)21(15)17(10-16)14-3-5-18-20(11-14)29-12-27-18/h3-6,9-11H,7-8,12-13H2,1-2H3,(H,24,26). The van der Waals surface area contributed by atoms with Crippen LogP contribution in [0.3, 0.4) is 0 Å². The maximum atomic E-state index is 12.8. The van der Waals surface area contributed by atoms with Gasteiger partial charge in [0, 0.05) is 24.0 Å². The molecule has 0 spiro atoms. The van der Waals surface area contributed by atoms with Gasteiger partial charge in [-0.1, -0.05) is 12.1 Å². The fraction of sp³-hybridized carbons (Fsp3) is 0.261. The summed E-state index contributed by atoms with van der Waals surface area (Å²) in [5.41, 5.74) is 2.38. The van der Waals surface area contributed by atoms with Crippen LogP contribution in [0.4, 0.5) is 0 Å². The largest absolute Gasteiger partial charge is 0.454 e. The number of rotatable bonds is 5. The molecule has 5 rings (SSSR count). The SMILES string of the molecule is CN(C)CCNC(=O)c1cc(-c2ccc3c(c2)OCO3)c2c3c(ccc2c1)OCO3. The molecule has 154 valence electrons. The third kappa shape index (κ3) is 3.27. The Labute approximate surface area is 174 Å². The van der Waals surface area contributed by atoms with Crippen LogP contribution in [0.15, 0.2) is 42.5 Å². The van der Waals surface area contributed by atoms with Gasteiger partial charge in [0.05, 0.1) is 0 Å². The molecule has 1 N–H and O–H groups in total. The molecule has 7 nitrogen and oxygen atoms in total. The van der Waals surface area contributed by atoms with Crippen LogP contribution in [0.1, 0.15) is 10.4 Å². The van der Waals surface area contributed by atoms with Crippen molar-refractivity contribution in [3.63, 3.8) is 0 Å². The van der Waals surface area contributed by atoms with E-state index in [1.807, 2.05) is 61.5 Å². The number of benzene rings is 3. The average Bonchev–Trinajstić information content (AvgIpc) is 3.41. The molecule has 1 amide bonds. The predicted octanol–water partition coefficient (Wildman–Crippen LogP) is 3.26. The number of amides is 1. The third-order valence-corrected chi connectivity index (χ3v) is 5.24. The van der Waals surface area contributed by atoms with Crippen LogP contribution in [0.2, 0.25) is 0 Å². The van der Waals surface area contributed by atoms with Crippen LogP contribution in [-0.2, 0) is 0 Å². The van der Waals surface area contributed by atoms with Gasteiger partial charge in [-0.25, -0.2) is 0 Å². The second-order valence-electron chi connectivity index (χ2n) is 7.55. The first-order valence-corrected chi connectivity index (χ1v) is 9.79. The summed E-state index contributed by atoms with van der Waals surface area (Å²) in [6.07, 6.45) is 0. The number of carbonyl (C=O) groups is 1. The van der Waals surface area contributed by atoms with Gasteiger partial charge in [-0.2, -0.15) is 0 Å². The molecule has 3 aromatic rings. The first kappa shape index (κ1) is 18.6. The van der Waals surface area contributed by atoms with Gasteiger partial charge < -0.3 is 29.2 Å². The van der Waals surface area contributed by atoms with Crippen molar-refractivity contribution in [3.05, 3.63) is 48.0 Å². The first-order valence-electron chi connectivity index (χ1n) is 9.79. The zero-order valence-corrected chi connectivity index (χ0v) is 16.9. The van der Waals surface area contributed by atoms with Gasteiger partial charge in [-0.3, -0.25) is 4.79 Å². The highest BCUT2D eigenvalue weighted by Crippen LogP contribution is 2.46. The smallest absolute Gasteiger partial charge is 0.251 e. The molecule has 2 aliphatic rings. The quantitative estimate of drug-likeness (QED) is 0.702. The van der Waals surface area contributed by atoms with Gasteiger partial charge in [0.2, 0.25) is 13.6 Å². The van der Waals surface area contributed by atoms with Gasteiger partial charge >= 0.3 is 0 Å². The Balaban J connectivity index is 1.63. The number of likely N-dealkylation sites (N-methyl/N-ethyl adjacent to an activating group) is 1. The molecule has 0 atom stereocenters. The van der Waals surface area contributed by atoms with Crippen molar-refractivity contribution in [2.24, 2.45) is 0 Å². The molecule has 0 aliphatic carbocycles. The fourth-order valence-corrected chi connectivity index (χ4v) is 3.74. The summed E-state index contributed by atoms with van der Waals surface area (Å²) in [7, 11) is 3.95. The average molecular weight is 406 g/mol. The van der Waals surface area contributed by atoms with Crippen molar-refractivity contribution in [2.45, 2.75) is 0 Å². The van der Waals surface area contributed by atoms with Crippen LogP contribution >= 0.6 is 0 Å². The lowest BCUT2D eigenvalue weighted by Gasteiger charge is -2.14. The molecule has 7 heteroatoms. The third-order valence-electron chi connectivity index (χ3n) is 5.24. The molecule has 3 aromatic carbocycles. The summed E-state index contributed by atoms with van der Waals surface area (Å²) in [6.45, 7) is 1.74. The minimum atomic E-state index is -0.113. The topological polar surface area (TPSA) is 69.3 Å². The number of carbonyl (C=O) groups excluding carboxylic acids is 1. The summed E-state index contributed by atoms with van der Waals surface area (Å²) in [4.78, 5) is 14.9. The van der Waals surface area contributed by atoms with Gasteiger partial charge in [0.25, 0.3) is 5.91 Å². The maximum absolute atomic E-state index is 12.8. The molecule has 2 heterocycles. The summed E-state index contributed by atoms with van der Waals surface area (Å²) in [5, 5.41) is 4.81.